The molecule has 2 heteroatoms. The van der Waals surface area contributed by atoms with Crippen molar-refractivity contribution in [2.24, 2.45) is 5.92 Å². The van der Waals surface area contributed by atoms with Crippen molar-refractivity contribution in [1.29, 1.82) is 0 Å². The van der Waals surface area contributed by atoms with Gasteiger partial charge in [0.2, 0.25) is 0 Å². The Balaban J connectivity index is 2.30. The van der Waals surface area contributed by atoms with Gasteiger partial charge in [0.15, 0.2) is 0 Å². The Kier molecular flexibility index (Phi) is 5.94. The number of ether oxygens (including phenoxy) is 1. The summed E-state index contributed by atoms with van der Waals surface area (Å²) in [6.45, 7) is 8.86. The van der Waals surface area contributed by atoms with Crippen LogP contribution in [0, 0.1) is 5.92 Å². The fraction of sp³-hybridized carbons (Fsp3) is 1.00. The average Bonchev–Trinajstić information content (AvgIpc) is 2.32. The Labute approximate surface area is 108 Å². The quantitative estimate of drug-likeness (QED) is 0.764. The Bertz CT molecular complexity index is 207. The van der Waals surface area contributed by atoms with Crippen molar-refractivity contribution in [3.8, 4) is 0 Å². The number of rotatable bonds is 6. The summed E-state index contributed by atoms with van der Waals surface area (Å²) in [5, 5.41) is 3.75. The van der Waals surface area contributed by atoms with Gasteiger partial charge in [-0.3, -0.25) is 0 Å². The molecule has 1 aliphatic carbocycles. The fourth-order valence-electron chi connectivity index (χ4n) is 2.76. The van der Waals surface area contributed by atoms with Crippen molar-refractivity contribution in [3.63, 3.8) is 0 Å². The average molecular weight is 241 g/mol. The SMILES string of the molecule is CCCC1CCC(NC(C)C(C)(C)OC)CC1. The summed E-state index contributed by atoms with van der Waals surface area (Å²) in [7, 11) is 1.80. The molecule has 0 amide bonds. The predicted molar refractivity (Wildman–Crippen MR) is 74.3 cm³/mol. The summed E-state index contributed by atoms with van der Waals surface area (Å²) in [4.78, 5) is 0. The summed E-state index contributed by atoms with van der Waals surface area (Å²) in [5.74, 6) is 0.990. The summed E-state index contributed by atoms with van der Waals surface area (Å²) in [6, 6.07) is 1.12. The third kappa shape index (κ3) is 4.59. The van der Waals surface area contributed by atoms with Crippen LogP contribution in [-0.4, -0.2) is 24.8 Å². The van der Waals surface area contributed by atoms with Crippen molar-refractivity contribution in [1.82, 2.24) is 5.32 Å². The van der Waals surface area contributed by atoms with Gasteiger partial charge in [0.25, 0.3) is 0 Å². The zero-order valence-corrected chi connectivity index (χ0v) is 12.4. The van der Waals surface area contributed by atoms with Gasteiger partial charge in [-0.2, -0.15) is 0 Å². The highest BCUT2D eigenvalue weighted by Crippen LogP contribution is 2.28. The molecule has 0 saturated heterocycles. The Morgan fingerprint density at radius 1 is 1.24 bits per heavy atom. The second-order valence-corrected chi connectivity index (χ2v) is 6.20. The molecule has 0 aromatic carbocycles. The molecule has 1 rings (SSSR count). The van der Waals surface area contributed by atoms with Crippen molar-refractivity contribution in [2.45, 2.75) is 83.9 Å². The van der Waals surface area contributed by atoms with Crippen LogP contribution in [0.25, 0.3) is 0 Å². The van der Waals surface area contributed by atoms with E-state index in [0.717, 1.165) is 5.92 Å². The van der Waals surface area contributed by atoms with Gasteiger partial charge in [0.1, 0.15) is 0 Å². The molecular weight excluding hydrogens is 210 g/mol. The highest BCUT2D eigenvalue weighted by Gasteiger charge is 2.29. The van der Waals surface area contributed by atoms with Crippen LogP contribution < -0.4 is 5.32 Å². The molecule has 2 nitrogen and oxygen atoms in total. The van der Waals surface area contributed by atoms with E-state index in [2.05, 4.69) is 33.0 Å². The van der Waals surface area contributed by atoms with E-state index in [1.807, 2.05) is 0 Å². The van der Waals surface area contributed by atoms with E-state index in [1.54, 1.807) is 7.11 Å². The molecule has 0 aliphatic heterocycles. The minimum Gasteiger partial charge on any atom is -0.377 e. The lowest BCUT2D eigenvalue weighted by atomic mass is 9.83. The molecule has 0 aromatic heterocycles. The summed E-state index contributed by atoms with van der Waals surface area (Å²) in [6.07, 6.45) is 8.27. The Hall–Kier alpha value is -0.0800. The lowest BCUT2D eigenvalue weighted by molar-refractivity contribution is -0.00988. The smallest absolute Gasteiger partial charge is 0.0772 e. The minimum atomic E-state index is -0.0692. The molecule has 0 spiro atoms. The summed E-state index contributed by atoms with van der Waals surface area (Å²) < 4.78 is 5.54. The van der Waals surface area contributed by atoms with Gasteiger partial charge in [-0.25, -0.2) is 0 Å². The minimum absolute atomic E-state index is 0.0692. The maximum Gasteiger partial charge on any atom is 0.0772 e. The second-order valence-electron chi connectivity index (χ2n) is 6.20. The zero-order chi connectivity index (χ0) is 12.9. The van der Waals surface area contributed by atoms with Crippen molar-refractivity contribution < 1.29 is 4.74 Å². The lowest BCUT2D eigenvalue weighted by Crippen LogP contribution is -2.50. The van der Waals surface area contributed by atoms with Crippen LogP contribution in [-0.2, 0) is 4.74 Å². The van der Waals surface area contributed by atoms with Crippen LogP contribution in [0.2, 0.25) is 0 Å². The van der Waals surface area contributed by atoms with Gasteiger partial charge in [0, 0.05) is 19.2 Å². The molecule has 1 atom stereocenters. The van der Waals surface area contributed by atoms with E-state index in [4.69, 9.17) is 4.74 Å². The van der Waals surface area contributed by atoms with Crippen molar-refractivity contribution in [3.05, 3.63) is 0 Å². The maximum atomic E-state index is 5.54. The van der Waals surface area contributed by atoms with Gasteiger partial charge >= 0.3 is 0 Å². The molecular formula is C15H31NO. The number of nitrogens with one attached hydrogen (secondary N) is 1. The third-order valence-corrected chi connectivity index (χ3v) is 4.60. The first-order chi connectivity index (χ1) is 7.99. The zero-order valence-electron chi connectivity index (χ0n) is 12.4. The second kappa shape index (κ2) is 6.75. The first-order valence-corrected chi connectivity index (χ1v) is 7.30. The number of hydrogen-bond donors (Lipinski definition) is 1. The van der Waals surface area contributed by atoms with Gasteiger partial charge in [-0.05, 0) is 52.4 Å². The van der Waals surface area contributed by atoms with Crippen LogP contribution in [0.3, 0.4) is 0 Å². The Morgan fingerprint density at radius 3 is 2.29 bits per heavy atom. The molecule has 17 heavy (non-hydrogen) atoms. The van der Waals surface area contributed by atoms with Gasteiger partial charge in [-0.15, -0.1) is 0 Å². The molecule has 0 aromatic rings. The van der Waals surface area contributed by atoms with Crippen molar-refractivity contribution in [2.75, 3.05) is 7.11 Å². The molecule has 0 radical (unpaired) electrons. The lowest BCUT2D eigenvalue weighted by Gasteiger charge is -2.37. The highest BCUT2D eigenvalue weighted by molar-refractivity contribution is 4.86. The van der Waals surface area contributed by atoms with E-state index in [0.29, 0.717) is 12.1 Å². The molecule has 0 bridgehead atoms. The van der Waals surface area contributed by atoms with E-state index in [-0.39, 0.29) is 5.60 Å². The molecule has 1 fully saturated rings. The fourth-order valence-corrected chi connectivity index (χ4v) is 2.76. The van der Waals surface area contributed by atoms with Crippen LogP contribution in [0.5, 0.6) is 0 Å². The van der Waals surface area contributed by atoms with E-state index in [1.165, 1.54) is 38.5 Å². The standard InChI is InChI=1S/C15H31NO/c1-6-7-13-8-10-14(11-9-13)16-12(2)15(3,4)17-5/h12-14,16H,6-11H2,1-5H3. The molecule has 1 saturated carbocycles. The topological polar surface area (TPSA) is 21.3 Å². The molecule has 102 valence electrons. The van der Waals surface area contributed by atoms with Crippen LogP contribution >= 0.6 is 0 Å². The van der Waals surface area contributed by atoms with Gasteiger partial charge in [-0.1, -0.05) is 19.8 Å². The van der Waals surface area contributed by atoms with E-state index >= 15 is 0 Å². The molecule has 0 heterocycles. The van der Waals surface area contributed by atoms with Gasteiger partial charge < -0.3 is 10.1 Å². The maximum absolute atomic E-state index is 5.54. The van der Waals surface area contributed by atoms with Gasteiger partial charge in [0.05, 0.1) is 5.60 Å². The first kappa shape index (κ1) is 15.0. The first-order valence-electron chi connectivity index (χ1n) is 7.30. The van der Waals surface area contributed by atoms with Crippen LogP contribution in [0.4, 0.5) is 0 Å². The third-order valence-electron chi connectivity index (χ3n) is 4.60. The van der Waals surface area contributed by atoms with E-state index in [9.17, 15) is 0 Å². The summed E-state index contributed by atoms with van der Waals surface area (Å²) in [5.41, 5.74) is -0.0692. The van der Waals surface area contributed by atoms with Crippen LogP contribution in [0.15, 0.2) is 0 Å². The predicted octanol–water partition coefficient (Wildman–Crippen LogP) is 3.75. The van der Waals surface area contributed by atoms with Crippen LogP contribution in [0.1, 0.15) is 66.2 Å². The van der Waals surface area contributed by atoms with Crippen molar-refractivity contribution >= 4 is 0 Å². The largest absolute Gasteiger partial charge is 0.377 e. The monoisotopic (exact) mass is 241 g/mol. The van der Waals surface area contributed by atoms with E-state index < -0.39 is 0 Å². The number of hydrogen-bond acceptors (Lipinski definition) is 2. The molecule has 1 aliphatic rings. The highest BCUT2D eigenvalue weighted by atomic mass is 16.5. The molecule has 1 unspecified atom stereocenters. The summed E-state index contributed by atoms with van der Waals surface area (Å²) >= 11 is 0. The molecule has 1 N–H and O–H groups in total. The Morgan fingerprint density at radius 2 is 1.82 bits per heavy atom. The number of methoxy groups -OCH3 is 1. The normalized spacial score (nSPS) is 28.1.